The third kappa shape index (κ3) is 6.93. The van der Waals surface area contributed by atoms with E-state index in [9.17, 15) is 14.2 Å². The number of hydrogen-bond acceptors (Lipinski definition) is 9. The van der Waals surface area contributed by atoms with E-state index in [4.69, 9.17) is 13.8 Å². The Morgan fingerprint density at radius 3 is 2.41 bits per heavy atom. The fourth-order valence-electron chi connectivity index (χ4n) is 3.11. The average molecular weight is 506 g/mol. The van der Waals surface area contributed by atoms with E-state index in [1.807, 2.05) is 30.1 Å². The molecule has 0 N–H and O–H groups in total. The third-order valence-electron chi connectivity index (χ3n) is 4.75. The number of thioether (sulfide) groups is 1. The monoisotopic (exact) mass is 505 g/mol. The molecule has 1 aliphatic heterocycles. The van der Waals surface area contributed by atoms with Crippen LogP contribution in [0.5, 0.6) is 5.75 Å². The number of ether oxygens (including phenoxy) is 1. The molecule has 1 aromatic carbocycles. The van der Waals surface area contributed by atoms with Gasteiger partial charge in [-0.1, -0.05) is 18.2 Å². The fraction of sp³-hybridized carbons (Fsp3) is 0.348. The standard InChI is InChI=1S/C23H28N3O6PS/c1-4-31-33(29,32-5-2)17-26-22(27)20(34-23(26)28)16-18-9-11-19(12-10-18)30-15-14-25(3)21-8-6-7-13-24-21/h6-13,16H,4-5,14-15,17H2,1-3H3. The Bertz CT molecular complexity index is 1050. The predicted octanol–water partition coefficient (Wildman–Crippen LogP) is 4.86. The van der Waals surface area contributed by atoms with Gasteiger partial charge in [0.25, 0.3) is 11.1 Å². The van der Waals surface area contributed by atoms with Crippen LogP contribution in [0, 0.1) is 0 Å². The minimum atomic E-state index is -3.58. The van der Waals surface area contributed by atoms with Crippen LogP contribution in [0.2, 0.25) is 0 Å². The Labute approximate surface area is 203 Å². The lowest BCUT2D eigenvalue weighted by atomic mass is 10.2. The van der Waals surface area contributed by atoms with Crippen molar-refractivity contribution in [2.24, 2.45) is 0 Å². The van der Waals surface area contributed by atoms with Gasteiger partial charge in [0.15, 0.2) is 0 Å². The number of nitrogens with zero attached hydrogens (tertiary/aromatic N) is 3. The molecule has 182 valence electrons. The summed E-state index contributed by atoms with van der Waals surface area (Å²) in [5, 5.41) is -0.507. The molecule has 1 fully saturated rings. The maximum absolute atomic E-state index is 12.7. The van der Waals surface area contributed by atoms with Crippen molar-refractivity contribution in [3.63, 3.8) is 0 Å². The fourth-order valence-corrected chi connectivity index (χ4v) is 5.68. The van der Waals surface area contributed by atoms with Crippen molar-refractivity contribution < 1.29 is 27.9 Å². The number of pyridine rings is 1. The van der Waals surface area contributed by atoms with Crippen molar-refractivity contribution in [1.29, 1.82) is 0 Å². The summed E-state index contributed by atoms with van der Waals surface area (Å²) in [5.41, 5.74) is 0.737. The minimum absolute atomic E-state index is 0.150. The smallest absolute Gasteiger partial charge is 0.350 e. The highest BCUT2D eigenvalue weighted by atomic mass is 32.2. The van der Waals surface area contributed by atoms with Gasteiger partial charge in [-0.2, -0.15) is 0 Å². The molecule has 0 spiro atoms. The topological polar surface area (TPSA) is 98.3 Å². The van der Waals surface area contributed by atoms with Crippen LogP contribution in [-0.4, -0.2) is 60.7 Å². The van der Waals surface area contributed by atoms with E-state index in [-0.39, 0.29) is 18.1 Å². The van der Waals surface area contributed by atoms with Gasteiger partial charge in [-0.05, 0) is 61.5 Å². The molecular weight excluding hydrogens is 477 g/mol. The summed E-state index contributed by atoms with van der Waals surface area (Å²) in [5.74, 6) is 1.04. The first-order valence-electron chi connectivity index (χ1n) is 10.8. The number of hydrogen-bond donors (Lipinski definition) is 0. The van der Waals surface area contributed by atoms with Crippen LogP contribution in [0.3, 0.4) is 0 Å². The first-order valence-corrected chi connectivity index (χ1v) is 13.4. The lowest BCUT2D eigenvalue weighted by Gasteiger charge is -2.21. The molecule has 0 radical (unpaired) electrons. The SMILES string of the molecule is CCOP(=O)(CN1C(=O)SC(=Cc2ccc(OCCN(C)c3ccccn3)cc2)C1=O)OCC. The second-order valence-electron chi connectivity index (χ2n) is 7.22. The molecule has 34 heavy (non-hydrogen) atoms. The van der Waals surface area contributed by atoms with Gasteiger partial charge < -0.3 is 18.7 Å². The van der Waals surface area contributed by atoms with Gasteiger partial charge in [0.1, 0.15) is 24.5 Å². The van der Waals surface area contributed by atoms with E-state index < -0.39 is 25.0 Å². The summed E-state index contributed by atoms with van der Waals surface area (Å²) in [6, 6.07) is 12.9. The zero-order chi connectivity index (χ0) is 24.6. The van der Waals surface area contributed by atoms with Gasteiger partial charge in [0, 0.05) is 13.2 Å². The number of benzene rings is 1. The molecule has 2 amide bonds. The van der Waals surface area contributed by atoms with E-state index >= 15 is 0 Å². The molecule has 3 rings (SSSR count). The number of carbonyl (C=O) groups excluding carboxylic acids is 2. The van der Waals surface area contributed by atoms with Gasteiger partial charge in [0.05, 0.1) is 24.7 Å². The van der Waals surface area contributed by atoms with E-state index in [0.29, 0.717) is 18.9 Å². The van der Waals surface area contributed by atoms with Crippen molar-refractivity contribution >= 4 is 42.4 Å². The van der Waals surface area contributed by atoms with Crippen LogP contribution in [0.25, 0.3) is 6.08 Å². The number of likely N-dealkylation sites (N-methyl/N-ethyl adjacent to an activating group) is 1. The average Bonchev–Trinajstić information content (AvgIpc) is 3.08. The molecule has 0 saturated carbocycles. The maximum Gasteiger partial charge on any atom is 0.350 e. The summed E-state index contributed by atoms with van der Waals surface area (Å²) in [6.45, 7) is 4.79. The number of imide groups is 1. The highest BCUT2D eigenvalue weighted by Crippen LogP contribution is 2.50. The van der Waals surface area contributed by atoms with Crippen LogP contribution in [0.1, 0.15) is 19.4 Å². The number of carbonyl (C=O) groups is 2. The zero-order valence-electron chi connectivity index (χ0n) is 19.4. The van der Waals surface area contributed by atoms with E-state index in [1.165, 1.54) is 0 Å². The second kappa shape index (κ2) is 12.2. The van der Waals surface area contributed by atoms with Crippen LogP contribution >= 0.6 is 19.4 Å². The molecule has 2 heterocycles. The molecule has 1 aliphatic rings. The van der Waals surface area contributed by atoms with E-state index in [1.54, 1.807) is 50.4 Å². The summed E-state index contributed by atoms with van der Waals surface area (Å²) >= 11 is 0.796. The Morgan fingerprint density at radius 1 is 1.09 bits per heavy atom. The molecule has 0 atom stereocenters. The van der Waals surface area contributed by atoms with Gasteiger partial charge in [-0.3, -0.25) is 19.1 Å². The number of rotatable bonds is 12. The van der Waals surface area contributed by atoms with E-state index in [2.05, 4.69) is 4.98 Å². The summed E-state index contributed by atoms with van der Waals surface area (Å²) in [6.07, 6.45) is 2.96. The molecule has 11 heteroatoms. The Kier molecular flexibility index (Phi) is 9.29. The molecule has 0 aliphatic carbocycles. The Balaban J connectivity index is 1.58. The highest BCUT2D eigenvalue weighted by Gasteiger charge is 2.40. The quantitative estimate of drug-likeness (QED) is 0.296. The zero-order valence-corrected chi connectivity index (χ0v) is 21.1. The normalized spacial score (nSPS) is 15.3. The Morgan fingerprint density at radius 2 is 1.79 bits per heavy atom. The van der Waals surface area contributed by atoms with Crippen molar-refractivity contribution in [2.75, 3.05) is 44.6 Å². The number of anilines is 1. The minimum Gasteiger partial charge on any atom is -0.492 e. The summed E-state index contributed by atoms with van der Waals surface area (Å²) in [4.78, 5) is 32.6. The third-order valence-corrected chi connectivity index (χ3v) is 7.59. The summed E-state index contributed by atoms with van der Waals surface area (Å²) in [7, 11) is -1.63. The van der Waals surface area contributed by atoms with Gasteiger partial charge in [-0.15, -0.1) is 0 Å². The molecular formula is C23H28N3O6PS. The van der Waals surface area contributed by atoms with Crippen molar-refractivity contribution in [3.05, 3.63) is 59.1 Å². The van der Waals surface area contributed by atoms with Crippen molar-refractivity contribution in [1.82, 2.24) is 9.88 Å². The van der Waals surface area contributed by atoms with Crippen LogP contribution in [0.4, 0.5) is 10.6 Å². The van der Waals surface area contributed by atoms with Crippen LogP contribution in [0.15, 0.2) is 53.6 Å². The molecule has 1 saturated heterocycles. The van der Waals surface area contributed by atoms with Gasteiger partial charge >= 0.3 is 7.60 Å². The van der Waals surface area contributed by atoms with Gasteiger partial charge in [0.2, 0.25) is 0 Å². The van der Waals surface area contributed by atoms with Crippen LogP contribution < -0.4 is 9.64 Å². The first kappa shape index (κ1) is 26.0. The molecule has 0 bridgehead atoms. The maximum atomic E-state index is 12.7. The van der Waals surface area contributed by atoms with Crippen LogP contribution in [-0.2, 0) is 18.4 Å². The number of amides is 2. The Hall–Kier alpha value is -2.65. The summed E-state index contributed by atoms with van der Waals surface area (Å²) < 4.78 is 28.9. The van der Waals surface area contributed by atoms with Gasteiger partial charge in [-0.25, -0.2) is 4.98 Å². The molecule has 1 aromatic heterocycles. The molecule has 0 unspecified atom stereocenters. The number of aromatic nitrogens is 1. The largest absolute Gasteiger partial charge is 0.492 e. The molecule has 2 aromatic rings. The predicted molar refractivity (Wildman–Crippen MR) is 133 cm³/mol. The lowest BCUT2D eigenvalue weighted by molar-refractivity contribution is -0.122. The first-order chi connectivity index (χ1) is 16.3. The highest BCUT2D eigenvalue weighted by molar-refractivity contribution is 8.18. The lowest BCUT2D eigenvalue weighted by Crippen LogP contribution is -2.30. The van der Waals surface area contributed by atoms with E-state index in [0.717, 1.165) is 28.0 Å². The molecule has 9 nitrogen and oxygen atoms in total. The second-order valence-corrected chi connectivity index (χ2v) is 10.2. The van der Waals surface area contributed by atoms with Crippen molar-refractivity contribution in [3.8, 4) is 5.75 Å². The van der Waals surface area contributed by atoms with Crippen molar-refractivity contribution in [2.45, 2.75) is 13.8 Å².